The van der Waals surface area contributed by atoms with Crippen LogP contribution in [0.4, 0.5) is 5.69 Å². The van der Waals surface area contributed by atoms with Crippen LogP contribution in [0.2, 0.25) is 0 Å². The second kappa shape index (κ2) is 2.92. The van der Waals surface area contributed by atoms with Gasteiger partial charge in [-0.3, -0.25) is 0 Å². The summed E-state index contributed by atoms with van der Waals surface area (Å²) in [6.45, 7) is 1.92. The van der Waals surface area contributed by atoms with Crippen LogP contribution < -0.4 is 0 Å². The lowest BCUT2D eigenvalue weighted by Gasteiger charge is -1.94. The quantitative estimate of drug-likeness (QED) is 0.640. The Kier molecular flexibility index (Phi) is 2.17. The zero-order chi connectivity index (χ0) is 7.56. The fourth-order valence-corrected chi connectivity index (χ4v) is 1.01. The highest BCUT2D eigenvalue weighted by Gasteiger charge is 1.97. The predicted molar refractivity (Wildman–Crippen MR) is 44.3 cm³/mol. The molecule has 1 rings (SSSR count). The number of aryl methyl sites for hydroxylation is 1. The molecule has 0 amide bonds. The minimum absolute atomic E-state index is 0.458. The molecule has 0 N–H and O–H groups in total. The van der Waals surface area contributed by atoms with Gasteiger partial charge in [0.15, 0.2) is 0 Å². The minimum Gasteiger partial charge on any atom is -0.145 e. The van der Waals surface area contributed by atoms with Crippen LogP contribution in [0.25, 0.3) is 0 Å². The Morgan fingerprint density at radius 1 is 1.50 bits per heavy atom. The average molecular weight is 200 g/mol. The van der Waals surface area contributed by atoms with Crippen LogP contribution in [-0.4, -0.2) is 0 Å². The Hall–Kier alpha value is -0.700. The average Bonchev–Trinajstić information content (AvgIpc) is 1.94. The lowest BCUT2D eigenvalue weighted by Crippen LogP contribution is -1.71. The van der Waals surface area contributed by atoms with E-state index in [1.807, 2.05) is 19.1 Å². The van der Waals surface area contributed by atoms with Gasteiger partial charge in [-0.1, -0.05) is 6.07 Å². The van der Waals surface area contributed by atoms with Crippen LogP contribution in [0, 0.1) is 11.8 Å². The third-order valence-electron chi connectivity index (χ3n) is 1.20. The molecule has 0 heterocycles. The van der Waals surface area contributed by atoms with Crippen molar-refractivity contribution in [3.8, 4) is 0 Å². The molecule has 0 atom stereocenters. The highest BCUT2D eigenvalue weighted by molar-refractivity contribution is 9.10. The number of halogens is 1. The number of nitroso groups, excluding NO2 is 1. The molecular weight excluding hydrogens is 194 g/mol. The third-order valence-corrected chi connectivity index (χ3v) is 1.87. The first-order valence-corrected chi connectivity index (χ1v) is 3.63. The zero-order valence-electron chi connectivity index (χ0n) is 5.47. The molecule has 0 saturated carbocycles. The van der Waals surface area contributed by atoms with E-state index < -0.39 is 0 Å². The summed E-state index contributed by atoms with van der Waals surface area (Å²) < 4.78 is 0.744. The molecule has 0 aromatic heterocycles. The van der Waals surface area contributed by atoms with Crippen molar-refractivity contribution in [1.29, 1.82) is 0 Å². The van der Waals surface area contributed by atoms with Crippen LogP contribution in [0.15, 0.2) is 27.8 Å². The van der Waals surface area contributed by atoms with Gasteiger partial charge in [0.1, 0.15) is 5.69 Å². The summed E-state index contributed by atoms with van der Waals surface area (Å²) in [4.78, 5) is 10.1. The smallest absolute Gasteiger partial charge is 0.122 e. The Morgan fingerprint density at radius 2 is 2.20 bits per heavy atom. The van der Waals surface area contributed by atoms with Crippen molar-refractivity contribution in [3.05, 3.63) is 33.1 Å². The predicted octanol–water partition coefficient (Wildman–Crippen LogP) is 3.16. The molecule has 0 fully saturated rings. The lowest BCUT2D eigenvalue weighted by molar-refractivity contribution is 1.40. The number of benzene rings is 1. The summed E-state index contributed by atoms with van der Waals surface area (Å²) in [5.41, 5.74) is 1.50. The van der Waals surface area contributed by atoms with Gasteiger partial charge in [-0.05, 0) is 45.7 Å². The summed E-state index contributed by atoms with van der Waals surface area (Å²) in [7, 11) is 0. The number of rotatable bonds is 1. The topological polar surface area (TPSA) is 29.4 Å². The summed E-state index contributed by atoms with van der Waals surface area (Å²) in [6, 6.07) is 5.46. The fourth-order valence-electron chi connectivity index (χ4n) is 0.693. The van der Waals surface area contributed by atoms with Crippen LogP contribution in [0.3, 0.4) is 0 Å². The first kappa shape index (κ1) is 7.41. The Balaban J connectivity index is 3.21. The molecule has 10 heavy (non-hydrogen) atoms. The Labute approximate surface area is 67.4 Å². The Morgan fingerprint density at radius 3 is 2.70 bits per heavy atom. The highest BCUT2D eigenvalue weighted by atomic mass is 79.9. The van der Waals surface area contributed by atoms with E-state index >= 15 is 0 Å². The molecule has 0 unspecified atom stereocenters. The fraction of sp³-hybridized carbons (Fsp3) is 0.143. The van der Waals surface area contributed by atoms with Crippen molar-refractivity contribution in [2.24, 2.45) is 5.18 Å². The molecule has 0 aliphatic heterocycles. The van der Waals surface area contributed by atoms with Gasteiger partial charge < -0.3 is 0 Å². The molecule has 0 bridgehead atoms. The summed E-state index contributed by atoms with van der Waals surface area (Å²) in [6.07, 6.45) is 0. The first-order valence-electron chi connectivity index (χ1n) is 2.83. The molecule has 0 saturated heterocycles. The number of hydrogen-bond acceptors (Lipinski definition) is 2. The maximum absolute atomic E-state index is 10.1. The molecular formula is C7H6BrNO. The largest absolute Gasteiger partial charge is 0.145 e. The van der Waals surface area contributed by atoms with Crippen LogP contribution >= 0.6 is 15.9 Å². The Bertz CT molecular complexity index is 260. The van der Waals surface area contributed by atoms with Crippen molar-refractivity contribution in [2.45, 2.75) is 6.92 Å². The van der Waals surface area contributed by atoms with E-state index in [1.165, 1.54) is 0 Å². The normalized spacial score (nSPS) is 9.40. The SMILES string of the molecule is Cc1ccc(Br)c(N=O)c1. The standard InChI is InChI=1S/C7H6BrNO/c1-5-2-3-6(8)7(4-5)9-10/h2-4H,1H3. The third kappa shape index (κ3) is 1.42. The number of hydrogen-bond donors (Lipinski definition) is 0. The molecule has 1 aromatic rings. The van der Waals surface area contributed by atoms with Crippen LogP contribution in [0.5, 0.6) is 0 Å². The van der Waals surface area contributed by atoms with Gasteiger partial charge in [-0.2, -0.15) is 0 Å². The van der Waals surface area contributed by atoms with Gasteiger partial charge in [0.05, 0.1) is 0 Å². The van der Waals surface area contributed by atoms with Gasteiger partial charge in [-0.15, -0.1) is 4.91 Å². The number of nitrogens with zero attached hydrogens (tertiary/aromatic N) is 1. The van der Waals surface area contributed by atoms with E-state index in [1.54, 1.807) is 6.07 Å². The molecule has 0 radical (unpaired) electrons. The van der Waals surface area contributed by atoms with E-state index in [2.05, 4.69) is 21.1 Å². The second-order valence-corrected chi connectivity index (χ2v) is 2.90. The van der Waals surface area contributed by atoms with E-state index in [-0.39, 0.29) is 0 Å². The maximum atomic E-state index is 10.1. The maximum Gasteiger partial charge on any atom is 0.122 e. The van der Waals surface area contributed by atoms with E-state index in [4.69, 9.17) is 0 Å². The summed E-state index contributed by atoms with van der Waals surface area (Å²) >= 11 is 3.20. The van der Waals surface area contributed by atoms with Gasteiger partial charge in [0.2, 0.25) is 0 Å². The van der Waals surface area contributed by atoms with Crippen molar-refractivity contribution in [2.75, 3.05) is 0 Å². The molecule has 1 aromatic carbocycles. The van der Waals surface area contributed by atoms with E-state index in [0.717, 1.165) is 10.0 Å². The second-order valence-electron chi connectivity index (χ2n) is 2.05. The first-order chi connectivity index (χ1) is 4.74. The van der Waals surface area contributed by atoms with Gasteiger partial charge in [-0.25, -0.2) is 0 Å². The highest BCUT2D eigenvalue weighted by Crippen LogP contribution is 2.25. The van der Waals surface area contributed by atoms with Gasteiger partial charge >= 0.3 is 0 Å². The zero-order valence-corrected chi connectivity index (χ0v) is 7.05. The molecule has 0 aliphatic rings. The lowest BCUT2D eigenvalue weighted by atomic mass is 10.2. The van der Waals surface area contributed by atoms with Gasteiger partial charge in [0.25, 0.3) is 0 Å². The van der Waals surface area contributed by atoms with Crippen molar-refractivity contribution in [3.63, 3.8) is 0 Å². The van der Waals surface area contributed by atoms with Crippen molar-refractivity contribution < 1.29 is 0 Å². The van der Waals surface area contributed by atoms with E-state index in [9.17, 15) is 4.91 Å². The van der Waals surface area contributed by atoms with Gasteiger partial charge in [0, 0.05) is 4.47 Å². The summed E-state index contributed by atoms with van der Waals surface area (Å²) in [5.74, 6) is 0. The summed E-state index contributed by atoms with van der Waals surface area (Å²) in [5, 5.41) is 2.83. The van der Waals surface area contributed by atoms with Crippen LogP contribution in [-0.2, 0) is 0 Å². The van der Waals surface area contributed by atoms with Crippen LogP contribution in [0.1, 0.15) is 5.56 Å². The molecule has 2 nitrogen and oxygen atoms in total. The van der Waals surface area contributed by atoms with E-state index in [0.29, 0.717) is 5.69 Å². The molecule has 52 valence electrons. The van der Waals surface area contributed by atoms with Crippen molar-refractivity contribution in [1.82, 2.24) is 0 Å². The molecule has 0 aliphatic carbocycles. The molecule has 3 heteroatoms. The van der Waals surface area contributed by atoms with Crippen molar-refractivity contribution >= 4 is 21.6 Å². The minimum atomic E-state index is 0.458. The monoisotopic (exact) mass is 199 g/mol. The molecule has 0 spiro atoms.